The molecule has 0 radical (unpaired) electrons. The third kappa shape index (κ3) is 7.03. The molecular weight excluding hydrogens is 735 g/mol. The monoisotopic (exact) mass is 775 g/mol. The van der Waals surface area contributed by atoms with Crippen LogP contribution in [0.15, 0.2) is 249 Å². The van der Waals surface area contributed by atoms with Crippen molar-refractivity contribution in [1.29, 1.82) is 0 Å². The van der Waals surface area contributed by atoms with E-state index in [1.165, 1.54) is 99.7 Å². The first-order valence-corrected chi connectivity index (χ1v) is 21.0. The first kappa shape index (κ1) is 36.1. The zero-order valence-electron chi connectivity index (χ0n) is 33.6. The third-order valence-electron chi connectivity index (χ3n) is 12.0. The maximum Gasteiger partial charge on any atom is 0.0541 e. The SMILES string of the molecule is c1ccc(-c2cccc(-c3cccc(-c4ccc5c(c4)c4ccccc4n5-c4ccc(-c5ccc(-c6cc(-c7ccccc7)cc(-c7ccccc7)c6)cc5)cc4)c3)c2)cc1. The van der Waals surface area contributed by atoms with Gasteiger partial charge in [-0.15, -0.1) is 0 Å². The van der Waals surface area contributed by atoms with Crippen molar-refractivity contribution >= 4 is 21.8 Å². The van der Waals surface area contributed by atoms with Crippen LogP contribution in [0, 0.1) is 0 Å². The standard InChI is InChI=1S/C60H41N/c1-4-14-42(15-5-1)48-20-12-21-49(36-48)50-22-13-23-51(37-50)52-32-35-60-58(41-52)57-24-10-11-25-59(57)61(60)56-33-30-46(31-34-56)45-26-28-47(29-27-45)55-39-53(43-16-6-2-7-17-43)38-54(40-55)44-18-8-3-9-19-44/h1-41H. The van der Waals surface area contributed by atoms with E-state index >= 15 is 0 Å². The van der Waals surface area contributed by atoms with Gasteiger partial charge in [0.15, 0.2) is 0 Å². The van der Waals surface area contributed by atoms with Gasteiger partial charge in [-0.2, -0.15) is 0 Å². The molecule has 1 heterocycles. The summed E-state index contributed by atoms with van der Waals surface area (Å²) < 4.78 is 2.40. The van der Waals surface area contributed by atoms with Gasteiger partial charge in [0.2, 0.25) is 0 Å². The van der Waals surface area contributed by atoms with Crippen molar-refractivity contribution in [1.82, 2.24) is 4.57 Å². The van der Waals surface area contributed by atoms with Crippen LogP contribution in [0.1, 0.15) is 0 Å². The number of aromatic nitrogens is 1. The Kier molecular flexibility index (Phi) is 9.26. The van der Waals surface area contributed by atoms with Crippen LogP contribution in [-0.2, 0) is 0 Å². The van der Waals surface area contributed by atoms with Crippen LogP contribution < -0.4 is 0 Å². The molecule has 286 valence electrons. The highest BCUT2D eigenvalue weighted by atomic mass is 15.0. The maximum absolute atomic E-state index is 2.40. The number of hydrogen-bond donors (Lipinski definition) is 0. The normalized spacial score (nSPS) is 11.3. The fourth-order valence-electron chi connectivity index (χ4n) is 8.86. The van der Waals surface area contributed by atoms with Crippen molar-refractivity contribution in [3.63, 3.8) is 0 Å². The molecule has 0 N–H and O–H groups in total. The molecule has 11 aromatic rings. The van der Waals surface area contributed by atoms with Crippen molar-refractivity contribution in [2.45, 2.75) is 0 Å². The van der Waals surface area contributed by atoms with Crippen LogP contribution in [0.2, 0.25) is 0 Å². The first-order chi connectivity index (χ1) is 30.2. The minimum atomic E-state index is 1.14. The smallest absolute Gasteiger partial charge is 0.0541 e. The molecule has 0 atom stereocenters. The molecule has 0 saturated carbocycles. The van der Waals surface area contributed by atoms with Crippen LogP contribution in [0.3, 0.4) is 0 Å². The van der Waals surface area contributed by atoms with Gasteiger partial charge in [-0.25, -0.2) is 0 Å². The molecular formula is C60H41N. The van der Waals surface area contributed by atoms with Crippen LogP contribution in [-0.4, -0.2) is 4.57 Å². The molecule has 0 aliphatic heterocycles. The van der Waals surface area contributed by atoms with E-state index in [1.54, 1.807) is 0 Å². The summed E-state index contributed by atoms with van der Waals surface area (Å²) in [6.07, 6.45) is 0. The molecule has 1 nitrogen and oxygen atoms in total. The van der Waals surface area contributed by atoms with Crippen molar-refractivity contribution in [3.8, 4) is 83.6 Å². The highest BCUT2D eigenvalue weighted by Crippen LogP contribution is 2.38. The summed E-state index contributed by atoms with van der Waals surface area (Å²) in [7, 11) is 0. The zero-order valence-corrected chi connectivity index (χ0v) is 33.6. The number of nitrogens with zero attached hydrogens (tertiary/aromatic N) is 1. The Morgan fingerprint density at radius 1 is 0.180 bits per heavy atom. The van der Waals surface area contributed by atoms with Gasteiger partial charge >= 0.3 is 0 Å². The Hall–Kier alpha value is -8.00. The maximum atomic E-state index is 2.40. The van der Waals surface area contributed by atoms with Crippen molar-refractivity contribution in [2.24, 2.45) is 0 Å². The van der Waals surface area contributed by atoms with Gasteiger partial charge in [-0.1, -0.05) is 188 Å². The molecule has 11 rings (SSSR count). The predicted molar refractivity (Wildman–Crippen MR) is 259 cm³/mol. The van der Waals surface area contributed by atoms with Crippen LogP contribution in [0.5, 0.6) is 0 Å². The lowest BCUT2D eigenvalue weighted by Gasteiger charge is -2.12. The third-order valence-corrected chi connectivity index (χ3v) is 12.0. The summed E-state index contributed by atoms with van der Waals surface area (Å²) in [5.74, 6) is 0. The fraction of sp³-hybridized carbons (Fsp3) is 0. The van der Waals surface area contributed by atoms with Crippen molar-refractivity contribution in [3.05, 3.63) is 249 Å². The van der Waals surface area contributed by atoms with E-state index in [-0.39, 0.29) is 0 Å². The lowest BCUT2D eigenvalue weighted by atomic mass is 9.92. The van der Waals surface area contributed by atoms with Gasteiger partial charge < -0.3 is 4.57 Å². The summed E-state index contributed by atoms with van der Waals surface area (Å²) in [5.41, 5.74) is 20.5. The number of benzene rings is 10. The highest BCUT2D eigenvalue weighted by molar-refractivity contribution is 6.10. The van der Waals surface area contributed by atoms with E-state index in [0.717, 1.165) is 5.69 Å². The van der Waals surface area contributed by atoms with Gasteiger partial charge in [0.05, 0.1) is 11.0 Å². The lowest BCUT2D eigenvalue weighted by Crippen LogP contribution is -1.93. The Morgan fingerprint density at radius 2 is 0.492 bits per heavy atom. The molecule has 10 aromatic carbocycles. The summed E-state index contributed by atoms with van der Waals surface area (Å²) in [4.78, 5) is 0. The first-order valence-electron chi connectivity index (χ1n) is 21.0. The van der Waals surface area contributed by atoms with Gasteiger partial charge in [0, 0.05) is 16.5 Å². The van der Waals surface area contributed by atoms with Crippen LogP contribution in [0.4, 0.5) is 0 Å². The molecule has 0 spiro atoms. The molecule has 1 heteroatoms. The second kappa shape index (κ2) is 15.6. The number of hydrogen-bond acceptors (Lipinski definition) is 0. The Morgan fingerprint density at radius 3 is 1.00 bits per heavy atom. The molecule has 1 aromatic heterocycles. The van der Waals surface area contributed by atoms with E-state index in [4.69, 9.17) is 0 Å². The van der Waals surface area contributed by atoms with Gasteiger partial charge in [-0.3, -0.25) is 0 Å². The van der Waals surface area contributed by atoms with Crippen molar-refractivity contribution in [2.75, 3.05) is 0 Å². The Bertz CT molecular complexity index is 3250. The second-order valence-electron chi connectivity index (χ2n) is 15.8. The number of para-hydroxylation sites is 1. The molecule has 0 amide bonds. The molecule has 0 bridgehead atoms. The minimum Gasteiger partial charge on any atom is -0.309 e. The fourth-order valence-corrected chi connectivity index (χ4v) is 8.86. The van der Waals surface area contributed by atoms with Crippen LogP contribution in [0.25, 0.3) is 105 Å². The number of fused-ring (bicyclic) bond motifs is 3. The van der Waals surface area contributed by atoms with Gasteiger partial charge in [-0.05, 0) is 139 Å². The lowest BCUT2D eigenvalue weighted by molar-refractivity contribution is 1.18. The molecule has 0 fully saturated rings. The summed E-state index contributed by atoms with van der Waals surface area (Å²) >= 11 is 0. The average Bonchev–Trinajstić information content (AvgIpc) is 3.68. The highest BCUT2D eigenvalue weighted by Gasteiger charge is 2.15. The predicted octanol–water partition coefficient (Wildman–Crippen LogP) is 16.5. The molecule has 0 unspecified atom stereocenters. The quantitative estimate of drug-likeness (QED) is 0.145. The van der Waals surface area contributed by atoms with Crippen molar-refractivity contribution < 1.29 is 0 Å². The topological polar surface area (TPSA) is 4.93 Å². The Balaban J connectivity index is 0.900. The average molecular weight is 776 g/mol. The summed E-state index contributed by atoms with van der Waals surface area (Å²) in [5, 5.41) is 2.49. The molecule has 0 aliphatic carbocycles. The number of rotatable bonds is 8. The van der Waals surface area contributed by atoms with Crippen LogP contribution >= 0.6 is 0 Å². The summed E-state index contributed by atoms with van der Waals surface area (Å²) in [6.45, 7) is 0. The van der Waals surface area contributed by atoms with E-state index in [0.29, 0.717) is 0 Å². The van der Waals surface area contributed by atoms with E-state index in [1.807, 2.05) is 0 Å². The molecule has 0 saturated heterocycles. The zero-order chi connectivity index (χ0) is 40.5. The Labute approximate surface area is 357 Å². The van der Waals surface area contributed by atoms with E-state index in [9.17, 15) is 0 Å². The van der Waals surface area contributed by atoms with Gasteiger partial charge in [0.1, 0.15) is 0 Å². The molecule has 0 aliphatic rings. The molecule has 61 heavy (non-hydrogen) atoms. The summed E-state index contributed by atoms with van der Waals surface area (Å²) in [6, 6.07) is 90.3. The van der Waals surface area contributed by atoms with Gasteiger partial charge in [0.25, 0.3) is 0 Å². The van der Waals surface area contributed by atoms with E-state index < -0.39 is 0 Å². The second-order valence-corrected chi connectivity index (χ2v) is 15.8. The van der Waals surface area contributed by atoms with E-state index in [2.05, 4.69) is 253 Å². The minimum absolute atomic E-state index is 1.14. The largest absolute Gasteiger partial charge is 0.309 e.